The third-order valence-electron chi connectivity index (χ3n) is 2.90. The lowest BCUT2D eigenvalue weighted by molar-refractivity contribution is 0.0785. The average Bonchev–Trinajstić information content (AvgIpc) is 2.42. The second kappa shape index (κ2) is 6.29. The van der Waals surface area contributed by atoms with Gasteiger partial charge in [-0.3, -0.25) is 4.79 Å². The Kier molecular flexibility index (Phi) is 4.68. The van der Waals surface area contributed by atoms with Crippen LogP contribution in [0.4, 0.5) is 5.69 Å². The lowest BCUT2D eigenvalue weighted by Gasteiger charge is -2.18. The van der Waals surface area contributed by atoms with Crippen LogP contribution >= 0.6 is 27.5 Å². The van der Waals surface area contributed by atoms with Gasteiger partial charge in [-0.15, -0.1) is 0 Å². The molecule has 0 radical (unpaired) electrons. The number of carbonyl (C=O) groups is 1. The van der Waals surface area contributed by atoms with Crippen molar-refractivity contribution in [3.05, 3.63) is 63.1 Å². The number of rotatable bonds is 3. The van der Waals surface area contributed by atoms with E-state index in [4.69, 9.17) is 17.3 Å². The summed E-state index contributed by atoms with van der Waals surface area (Å²) in [5.41, 5.74) is 7.83. The van der Waals surface area contributed by atoms with Gasteiger partial charge in [-0.1, -0.05) is 33.6 Å². The van der Waals surface area contributed by atoms with Gasteiger partial charge in [-0.25, -0.2) is 0 Å². The van der Waals surface area contributed by atoms with Crippen molar-refractivity contribution in [2.24, 2.45) is 0 Å². The molecule has 0 aliphatic heterocycles. The first-order valence-corrected chi connectivity index (χ1v) is 7.19. The smallest absolute Gasteiger partial charge is 0.253 e. The van der Waals surface area contributed by atoms with E-state index in [0.29, 0.717) is 22.8 Å². The van der Waals surface area contributed by atoms with Crippen LogP contribution in [0.15, 0.2) is 46.9 Å². The minimum Gasteiger partial charge on any atom is -0.399 e. The summed E-state index contributed by atoms with van der Waals surface area (Å²) in [7, 11) is 1.74. The molecule has 2 aromatic carbocycles. The quantitative estimate of drug-likeness (QED) is 0.849. The van der Waals surface area contributed by atoms with E-state index in [1.807, 2.05) is 12.1 Å². The van der Waals surface area contributed by atoms with Gasteiger partial charge in [0.05, 0.1) is 0 Å². The summed E-state index contributed by atoms with van der Waals surface area (Å²) in [5.74, 6) is -0.0650. The fourth-order valence-electron chi connectivity index (χ4n) is 1.89. The fraction of sp³-hybridized carbons (Fsp3) is 0.133. The third-order valence-corrected chi connectivity index (χ3v) is 3.76. The number of nitrogens with zero attached hydrogens (tertiary/aromatic N) is 1. The Hall–Kier alpha value is -1.52. The van der Waals surface area contributed by atoms with E-state index in [1.165, 1.54) is 0 Å². The maximum atomic E-state index is 12.3. The van der Waals surface area contributed by atoms with Crippen molar-refractivity contribution in [3.63, 3.8) is 0 Å². The SMILES string of the molecule is CN(Cc1cc(N)ccc1Cl)C(=O)c1cccc(Br)c1. The zero-order chi connectivity index (χ0) is 14.7. The van der Waals surface area contributed by atoms with E-state index in [-0.39, 0.29) is 5.91 Å². The van der Waals surface area contributed by atoms with Crippen LogP contribution in [0.1, 0.15) is 15.9 Å². The van der Waals surface area contributed by atoms with Gasteiger partial charge in [-0.2, -0.15) is 0 Å². The summed E-state index contributed by atoms with van der Waals surface area (Å²) in [6, 6.07) is 12.5. The van der Waals surface area contributed by atoms with Crippen LogP contribution in [-0.2, 0) is 6.54 Å². The number of carbonyl (C=O) groups excluding carboxylic acids is 1. The Morgan fingerprint density at radius 1 is 1.30 bits per heavy atom. The minimum absolute atomic E-state index is 0.0650. The van der Waals surface area contributed by atoms with Crippen LogP contribution in [0, 0.1) is 0 Å². The molecule has 0 saturated heterocycles. The average molecular weight is 354 g/mol. The van der Waals surface area contributed by atoms with Crippen LogP contribution < -0.4 is 5.73 Å². The monoisotopic (exact) mass is 352 g/mol. The first-order chi connectivity index (χ1) is 9.47. The Bertz CT molecular complexity index is 646. The first kappa shape index (κ1) is 14.9. The maximum Gasteiger partial charge on any atom is 0.253 e. The number of benzene rings is 2. The lowest BCUT2D eigenvalue weighted by atomic mass is 10.1. The molecule has 0 aromatic heterocycles. The van der Waals surface area contributed by atoms with Crippen LogP contribution in [0.3, 0.4) is 0 Å². The van der Waals surface area contributed by atoms with Gasteiger partial charge in [-0.05, 0) is 42.0 Å². The Morgan fingerprint density at radius 3 is 2.75 bits per heavy atom. The molecule has 2 aromatic rings. The summed E-state index contributed by atoms with van der Waals surface area (Å²) in [6.07, 6.45) is 0. The lowest BCUT2D eigenvalue weighted by Crippen LogP contribution is -2.26. The van der Waals surface area contributed by atoms with Gasteiger partial charge in [0.2, 0.25) is 0 Å². The Labute approximate surface area is 131 Å². The van der Waals surface area contributed by atoms with Crippen molar-refractivity contribution in [1.82, 2.24) is 4.90 Å². The highest BCUT2D eigenvalue weighted by Gasteiger charge is 2.13. The normalized spacial score (nSPS) is 10.3. The Balaban J connectivity index is 2.17. The third kappa shape index (κ3) is 3.52. The predicted molar refractivity (Wildman–Crippen MR) is 85.8 cm³/mol. The van der Waals surface area contributed by atoms with Crippen molar-refractivity contribution in [1.29, 1.82) is 0 Å². The molecule has 0 atom stereocenters. The maximum absolute atomic E-state index is 12.3. The van der Waals surface area contributed by atoms with Crippen LogP contribution in [0.25, 0.3) is 0 Å². The molecule has 5 heteroatoms. The minimum atomic E-state index is -0.0650. The number of hydrogen-bond acceptors (Lipinski definition) is 2. The molecule has 0 unspecified atom stereocenters. The summed E-state index contributed by atoms with van der Waals surface area (Å²) in [4.78, 5) is 13.9. The molecule has 0 heterocycles. The molecule has 0 saturated carbocycles. The molecule has 1 amide bonds. The predicted octanol–water partition coefficient (Wildman–Crippen LogP) is 3.96. The standard InChI is InChI=1S/C15H14BrClN2O/c1-19(9-11-8-13(18)5-6-14(11)17)15(20)10-3-2-4-12(16)7-10/h2-8H,9,18H2,1H3. The number of hydrogen-bond donors (Lipinski definition) is 1. The van der Waals surface area contributed by atoms with Crippen molar-refractivity contribution < 1.29 is 4.79 Å². The van der Waals surface area contributed by atoms with E-state index in [1.54, 1.807) is 42.3 Å². The van der Waals surface area contributed by atoms with E-state index >= 15 is 0 Å². The van der Waals surface area contributed by atoms with Crippen molar-refractivity contribution in [2.45, 2.75) is 6.54 Å². The molecule has 20 heavy (non-hydrogen) atoms. The second-order valence-electron chi connectivity index (χ2n) is 4.52. The Morgan fingerprint density at radius 2 is 2.05 bits per heavy atom. The number of amides is 1. The van der Waals surface area contributed by atoms with Crippen molar-refractivity contribution in [3.8, 4) is 0 Å². The van der Waals surface area contributed by atoms with Crippen LogP contribution in [0.5, 0.6) is 0 Å². The summed E-state index contributed by atoms with van der Waals surface area (Å²) in [6.45, 7) is 0.412. The zero-order valence-electron chi connectivity index (χ0n) is 10.9. The molecule has 104 valence electrons. The van der Waals surface area contributed by atoms with Gasteiger partial charge in [0.1, 0.15) is 0 Å². The molecule has 0 bridgehead atoms. The molecule has 0 spiro atoms. The second-order valence-corrected chi connectivity index (χ2v) is 5.85. The molecule has 0 aliphatic rings. The highest BCUT2D eigenvalue weighted by atomic mass is 79.9. The molecular weight excluding hydrogens is 340 g/mol. The van der Waals surface area contributed by atoms with E-state index < -0.39 is 0 Å². The number of halogens is 2. The highest BCUT2D eigenvalue weighted by molar-refractivity contribution is 9.10. The summed E-state index contributed by atoms with van der Waals surface area (Å²) < 4.78 is 0.874. The fourth-order valence-corrected chi connectivity index (χ4v) is 2.46. The number of nitrogen functional groups attached to an aromatic ring is 1. The number of anilines is 1. The molecular formula is C15H14BrClN2O. The van der Waals surface area contributed by atoms with E-state index in [2.05, 4.69) is 15.9 Å². The van der Waals surface area contributed by atoms with Crippen molar-refractivity contribution in [2.75, 3.05) is 12.8 Å². The molecule has 0 aliphatic carbocycles. The van der Waals surface area contributed by atoms with Gasteiger partial charge < -0.3 is 10.6 Å². The topological polar surface area (TPSA) is 46.3 Å². The summed E-state index contributed by atoms with van der Waals surface area (Å²) in [5, 5.41) is 0.605. The molecule has 2 N–H and O–H groups in total. The van der Waals surface area contributed by atoms with Crippen LogP contribution in [0.2, 0.25) is 5.02 Å². The van der Waals surface area contributed by atoms with Gasteiger partial charge in [0.15, 0.2) is 0 Å². The molecule has 2 rings (SSSR count). The van der Waals surface area contributed by atoms with Crippen molar-refractivity contribution >= 4 is 39.1 Å². The summed E-state index contributed by atoms with van der Waals surface area (Å²) >= 11 is 9.47. The molecule has 0 fully saturated rings. The van der Waals surface area contributed by atoms with E-state index in [9.17, 15) is 4.79 Å². The largest absolute Gasteiger partial charge is 0.399 e. The first-order valence-electron chi connectivity index (χ1n) is 6.02. The zero-order valence-corrected chi connectivity index (χ0v) is 13.3. The van der Waals surface area contributed by atoms with Gasteiger partial charge >= 0.3 is 0 Å². The highest BCUT2D eigenvalue weighted by Crippen LogP contribution is 2.21. The van der Waals surface area contributed by atoms with Gasteiger partial charge in [0, 0.05) is 34.3 Å². The number of nitrogens with two attached hydrogens (primary N) is 1. The molecule has 3 nitrogen and oxygen atoms in total. The van der Waals surface area contributed by atoms with Gasteiger partial charge in [0.25, 0.3) is 5.91 Å². The van der Waals surface area contributed by atoms with Crippen LogP contribution in [-0.4, -0.2) is 17.9 Å². The van der Waals surface area contributed by atoms with E-state index in [0.717, 1.165) is 10.0 Å².